The second kappa shape index (κ2) is 9.79. The van der Waals surface area contributed by atoms with E-state index in [2.05, 4.69) is 5.32 Å². The summed E-state index contributed by atoms with van der Waals surface area (Å²) in [6.45, 7) is 8.49. The first-order chi connectivity index (χ1) is 12.2. The molecule has 0 aliphatic carbocycles. The van der Waals surface area contributed by atoms with Gasteiger partial charge in [-0.1, -0.05) is 18.2 Å². The molecule has 144 valence electrons. The summed E-state index contributed by atoms with van der Waals surface area (Å²) in [5, 5.41) is 2.90. The monoisotopic (exact) mass is 365 g/mol. The van der Waals surface area contributed by atoms with Gasteiger partial charge in [0.05, 0.1) is 13.2 Å². The Bertz CT molecular complexity index is 590. The van der Waals surface area contributed by atoms with Crippen LogP contribution in [-0.4, -0.2) is 42.8 Å². The zero-order chi connectivity index (χ0) is 19.7. The zero-order valence-electron chi connectivity index (χ0n) is 15.9. The van der Waals surface area contributed by atoms with Gasteiger partial charge in [0.15, 0.2) is 5.92 Å². The lowest BCUT2D eigenvalue weighted by molar-refractivity contribution is -0.171. The Balaban J connectivity index is 3.24. The smallest absolute Gasteiger partial charge is 0.330 e. The number of hydrogen-bond acceptors (Lipinski definition) is 7. The van der Waals surface area contributed by atoms with Crippen LogP contribution in [0.2, 0.25) is 0 Å². The summed E-state index contributed by atoms with van der Waals surface area (Å²) in [5.74, 6) is -3.91. The Kier molecular flexibility index (Phi) is 8.09. The van der Waals surface area contributed by atoms with E-state index >= 15 is 0 Å². The number of carbonyl (C=O) groups excluding carboxylic acids is 3. The number of hydrogen-bond donors (Lipinski definition) is 1. The first-order valence-electron chi connectivity index (χ1n) is 8.57. The Hall–Kier alpha value is -2.57. The second-order valence-corrected chi connectivity index (χ2v) is 6.50. The van der Waals surface area contributed by atoms with Crippen LogP contribution in [-0.2, 0) is 28.6 Å². The number of nitrogens with one attached hydrogen (secondary N) is 1. The summed E-state index contributed by atoms with van der Waals surface area (Å²) >= 11 is 0. The maximum absolute atomic E-state index is 12.7. The molecule has 0 radical (unpaired) electrons. The van der Waals surface area contributed by atoms with Crippen LogP contribution >= 0.6 is 0 Å². The average molecular weight is 365 g/mol. The number of para-hydroxylation sites is 1. The molecule has 1 unspecified atom stereocenters. The van der Waals surface area contributed by atoms with Crippen molar-refractivity contribution in [1.82, 2.24) is 0 Å². The van der Waals surface area contributed by atoms with Gasteiger partial charge in [0.25, 0.3) is 0 Å². The van der Waals surface area contributed by atoms with Gasteiger partial charge in [-0.25, -0.2) is 4.79 Å². The van der Waals surface area contributed by atoms with E-state index in [0.29, 0.717) is 5.69 Å². The SMILES string of the molecule is CCOC(=O)C(C(=O)OCC)C(Nc1ccccc1)C(=O)OC(C)(C)C. The van der Waals surface area contributed by atoms with Crippen molar-refractivity contribution >= 4 is 23.6 Å². The fraction of sp³-hybridized carbons (Fsp3) is 0.526. The molecule has 0 bridgehead atoms. The molecule has 0 aromatic heterocycles. The molecule has 1 atom stereocenters. The Morgan fingerprint density at radius 3 is 1.85 bits per heavy atom. The van der Waals surface area contributed by atoms with Gasteiger partial charge in [0.2, 0.25) is 0 Å². The van der Waals surface area contributed by atoms with Crippen LogP contribution in [0, 0.1) is 5.92 Å². The van der Waals surface area contributed by atoms with Gasteiger partial charge in [-0.15, -0.1) is 0 Å². The number of rotatable bonds is 8. The molecule has 7 nitrogen and oxygen atoms in total. The van der Waals surface area contributed by atoms with Crippen molar-refractivity contribution in [3.05, 3.63) is 30.3 Å². The zero-order valence-corrected chi connectivity index (χ0v) is 15.9. The normalized spacial score (nSPS) is 12.2. The van der Waals surface area contributed by atoms with Gasteiger partial charge >= 0.3 is 17.9 Å². The van der Waals surface area contributed by atoms with Crippen molar-refractivity contribution in [3.63, 3.8) is 0 Å². The summed E-state index contributed by atoms with van der Waals surface area (Å²) in [4.78, 5) is 37.5. The average Bonchev–Trinajstić information content (AvgIpc) is 2.54. The van der Waals surface area contributed by atoms with Crippen molar-refractivity contribution in [2.24, 2.45) is 5.92 Å². The molecule has 1 aromatic carbocycles. The maximum atomic E-state index is 12.7. The standard InChI is InChI=1S/C19H27NO6/c1-6-24-16(21)14(17(22)25-7-2)15(18(23)26-19(3,4)5)20-13-11-9-8-10-12-13/h8-12,14-15,20H,6-7H2,1-5H3. The fourth-order valence-electron chi connectivity index (χ4n) is 2.19. The summed E-state index contributed by atoms with van der Waals surface area (Å²) < 4.78 is 15.4. The van der Waals surface area contributed by atoms with Gasteiger partial charge < -0.3 is 19.5 Å². The highest BCUT2D eigenvalue weighted by atomic mass is 16.6. The molecule has 1 rings (SSSR count). The number of carbonyl (C=O) groups is 3. The van der Waals surface area contributed by atoms with Crippen LogP contribution in [0.5, 0.6) is 0 Å². The Morgan fingerprint density at radius 1 is 0.923 bits per heavy atom. The number of ether oxygens (including phenoxy) is 3. The quantitative estimate of drug-likeness (QED) is 0.430. The minimum atomic E-state index is -1.48. The van der Waals surface area contributed by atoms with Gasteiger partial charge in [-0.05, 0) is 46.8 Å². The highest BCUT2D eigenvalue weighted by molar-refractivity contribution is 6.01. The lowest BCUT2D eigenvalue weighted by Crippen LogP contribution is -2.49. The van der Waals surface area contributed by atoms with Crippen molar-refractivity contribution in [1.29, 1.82) is 0 Å². The van der Waals surface area contributed by atoms with E-state index in [1.54, 1.807) is 58.9 Å². The lowest BCUT2D eigenvalue weighted by atomic mass is 9.99. The van der Waals surface area contributed by atoms with E-state index in [9.17, 15) is 14.4 Å². The van der Waals surface area contributed by atoms with Crippen LogP contribution in [0.3, 0.4) is 0 Å². The van der Waals surface area contributed by atoms with Crippen LogP contribution in [0.15, 0.2) is 30.3 Å². The van der Waals surface area contributed by atoms with E-state index in [1.165, 1.54) is 0 Å². The van der Waals surface area contributed by atoms with Crippen molar-refractivity contribution in [2.75, 3.05) is 18.5 Å². The summed E-state index contributed by atoms with van der Waals surface area (Å²) in [7, 11) is 0. The molecule has 0 spiro atoms. The molecule has 0 saturated carbocycles. The topological polar surface area (TPSA) is 90.9 Å². The van der Waals surface area contributed by atoms with E-state index in [0.717, 1.165) is 0 Å². The molecule has 0 heterocycles. The molecule has 0 saturated heterocycles. The van der Waals surface area contributed by atoms with Gasteiger partial charge in [0.1, 0.15) is 11.6 Å². The number of benzene rings is 1. The predicted molar refractivity (Wildman–Crippen MR) is 96.5 cm³/mol. The van der Waals surface area contributed by atoms with E-state index in [4.69, 9.17) is 14.2 Å². The third-order valence-electron chi connectivity index (χ3n) is 3.17. The molecule has 26 heavy (non-hydrogen) atoms. The highest BCUT2D eigenvalue weighted by Gasteiger charge is 2.43. The third-order valence-corrected chi connectivity index (χ3v) is 3.17. The van der Waals surface area contributed by atoms with Crippen LogP contribution in [0.4, 0.5) is 5.69 Å². The van der Waals surface area contributed by atoms with E-state index < -0.39 is 35.5 Å². The van der Waals surface area contributed by atoms with Gasteiger partial charge in [-0.3, -0.25) is 9.59 Å². The molecular weight excluding hydrogens is 338 g/mol. The van der Waals surface area contributed by atoms with Crippen LogP contribution in [0.1, 0.15) is 34.6 Å². The highest BCUT2D eigenvalue weighted by Crippen LogP contribution is 2.20. The van der Waals surface area contributed by atoms with Gasteiger partial charge in [-0.2, -0.15) is 0 Å². The third kappa shape index (κ3) is 6.74. The fourth-order valence-corrected chi connectivity index (χ4v) is 2.19. The van der Waals surface area contributed by atoms with Crippen molar-refractivity contribution in [2.45, 2.75) is 46.3 Å². The van der Waals surface area contributed by atoms with E-state index in [1.807, 2.05) is 6.07 Å². The number of esters is 3. The summed E-state index contributed by atoms with van der Waals surface area (Å²) in [5.41, 5.74) is -0.233. The Morgan fingerprint density at radius 2 is 1.42 bits per heavy atom. The second-order valence-electron chi connectivity index (χ2n) is 6.50. The maximum Gasteiger partial charge on any atom is 0.330 e. The lowest BCUT2D eigenvalue weighted by Gasteiger charge is -2.28. The molecular formula is C19H27NO6. The summed E-state index contributed by atoms with van der Waals surface area (Å²) in [6, 6.07) is 7.48. The first-order valence-corrected chi connectivity index (χ1v) is 8.57. The van der Waals surface area contributed by atoms with Crippen LogP contribution in [0.25, 0.3) is 0 Å². The van der Waals surface area contributed by atoms with Crippen molar-refractivity contribution < 1.29 is 28.6 Å². The predicted octanol–water partition coefficient (Wildman–Crippen LogP) is 2.55. The molecule has 1 aromatic rings. The molecule has 0 aliphatic rings. The largest absolute Gasteiger partial charge is 0.465 e. The van der Waals surface area contributed by atoms with Crippen LogP contribution < -0.4 is 5.32 Å². The minimum absolute atomic E-state index is 0.0705. The molecule has 0 amide bonds. The molecule has 1 N–H and O–H groups in total. The number of anilines is 1. The van der Waals surface area contributed by atoms with E-state index in [-0.39, 0.29) is 13.2 Å². The van der Waals surface area contributed by atoms with Gasteiger partial charge in [0, 0.05) is 5.69 Å². The van der Waals surface area contributed by atoms with Crippen molar-refractivity contribution in [3.8, 4) is 0 Å². The molecule has 0 aliphatic heterocycles. The Labute approximate surface area is 154 Å². The molecule has 0 fully saturated rings. The first kappa shape index (κ1) is 21.5. The summed E-state index contributed by atoms with van der Waals surface area (Å²) in [6.07, 6.45) is 0. The molecule has 7 heteroatoms. The minimum Gasteiger partial charge on any atom is -0.465 e.